The van der Waals surface area contributed by atoms with Gasteiger partial charge >= 0.3 is 16.4 Å². The minimum atomic E-state index is -3.46. The van der Waals surface area contributed by atoms with Crippen molar-refractivity contribution in [1.29, 1.82) is 0 Å². The van der Waals surface area contributed by atoms with Crippen LogP contribution < -0.4 is 0 Å². The molecule has 7 nitrogen and oxygen atoms in total. The van der Waals surface area contributed by atoms with Crippen molar-refractivity contribution in [3.05, 3.63) is 24.3 Å². The van der Waals surface area contributed by atoms with E-state index in [9.17, 15) is 4.57 Å². The molecule has 0 amide bonds. The van der Waals surface area contributed by atoms with E-state index in [-0.39, 0.29) is 32.0 Å². The molecule has 126 valence electrons. The quantitative estimate of drug-likeness (QED) is 0.489. The number of phosphoric acid groups is 1. The van der Waals surface area contributed by atoms with Gasteiger partial charge in [-0.05, 0) is 13.8 Å². The van der Waals surface area contributed by atoms with Gasteiger partial charge in [-0.3, -0.25) is 13.6 Å². The molecule has 0 aromatic rings. The van der Waals surface area contributed by atoms with Crippen LogP contribution >= 0.6 is 16.4 Å². The number of phosphoric ester groups is 1. The molecule has 1 unspecified atom stereocenters. The second-order valence-electron chi connectivity index (χ2n) is 4.54. The van der Waals surface area contributed by atoms with Crippen molar-refractivity contribution in [1.82, 2.24) is 0 Å². The van der Waals surface area contributed by atoms with Gasteiger partial charge in [0.2, 0.25) is 0 Å². The first kappa shape index (κ1) is 18.2. The summed E-state index contributed by atoms with van der Waals surface area (Å²) in [6.45, 7) is 4.65. The summed E-state index contributed by atoms with van der Waals surface area (Å²) >= 11 is 0. The molecule has 0 aromatic carbocycles. The van der Waals surface area contributed by atoms with E-state index in [2.05, 4.69) is 0 Å². The van der Waals surface area contributed by atoms with E-state index in [0.29, 0.717) is 6.61 Å². The lowest BCUT2D eigenvalue weighted by Gasteiger charge is -2.22. The zero-order valence-corrected chi connectivity index (χ0v) is 14.7. The Kier molecular flexibility index (Phi) is 7.68. The van der Waals surface area contributed by atoms with Crippen LogP contribution in [0.1, 0.15) is 20.3 Å². The monoisotopic (exact) mass is 353 g/mol. The highest BCUT2D eigenvalue weighted by Crippen LogP contribution is 2.50. The van der Waals surface area contributed by atoms with Crippen LogP contribution in [0.4, 0.5) is 0 Å². The van der Waals surface area contributed by atoms with Crippen molar-refractivity contribution in [3.63, 3.8) is 0 Å². The average Bonchev–Trinajstić information content (AvgIpc) is 2.65. The summed E-state index contributed by atoms with van der Waals surface area (Å²) in [7, 11) is -5.13. The molecule has 0 radical (unpaired) electrons. The van der Waals surface area contributed by atoms with E-state index < -0.39 is 16.4 Å². The Hall–Kier alpha value is -0.100. The highest BCUT2D eigenvalue weighted by Gasteiger charge is 2.37. The maximum atomic E-state index is 12.1. The second-order valence-corrected chi connectivity index (χ2v) is 7.47. The second kappa shape index (κ2) is 9.26. The number of hydrogen-bond acceptors (Lipinski definition) is 7. The molecule has 0 N–H and O–H groups in total. The molecular weight excluding hydrogens is 330 g/mol. The smallest absolute Gasteiger partial charge is 0.287 e. The van der Waals surface area contributed by atoms with E-state index in [4.69, 9.17) is 27.1 Å². The SMILES string of the molecule is CCOP(=O)(OCC)OC/C=C/[C@H]1C[C@@H]2C=CCO[PH+](O2)O1. The van der Waals surface area contributed by atoms with Crippen LogP contribution in [-0.2, 0) is 31.7 Å². The van der Waals surface area contributed by atoms with Gasteiger partial charge in [-0.25, -0.2) is 4.57 Å². The molecule has 2 aliphatic heterocycles. The molecule has 22 heavy (non-hydrogen) atoms. The van der Waals surface area contributed by atoms with Crippen LogP contribution in [0.3, 0.4) is 0 Å². The van der Waals surface area contributed by atoms with Crippen molar-refractivity contribution >= 4 is 16.4 Å². The maximum absolute atomic E-state index is 12.1. The summed E-state index contributed by atoms with van der Waals surface area (Å²) < 4.78 is 44.2. The van der Waals surface area contributed by atoms with Crippen LogP contribution in [0.5, 0.6) is 0 Å². The van der Waals surface area contributed by atoms with Gasteiger partial charge in [0, 0.05) is 6.42 Å². The van der Waals surface area contributed by atoms with Crippen LogP contribution in [0.2, 0.25) is 0 Å². The van der Waals surface area contributed by atoms with Gasteiger partial charge in [-0.1, -0.05) is 24.3 Å². The summed E-state index contributed by atoms with van der Waals surface area (Å²) in [6, 6.07) is 0. The average molecular weight is 353 g/mol. The Morgan fingerprint density at radius 1 is 1.27 bits per heavy atom. The van der Waals surface area contributed by atoms with Crippen molar-refractivity contribution in [3.8, 4) is 0 Å². The minimum absolute atomic E-state index is 0.0265. The Balaban J connectivity index is 1.79. The zero-order chi connectivity index (χ0) is 15.8. The number of hydrogen-bond donors (Lipinski definition) is 0. The molecule has 3 atom stereocenters. The number of fused-ring (bicyclic) bond motifs is 2. The van der Waals surface area contributed by atoms with E-state index in [1.165, 1.54) is 0 Å². The molecule has 0 spiro atoms. The van der Waals surface area contributed by atoms with Crippen LogP contribution in [0.25, 0.3) is 0 Å². The summed E-state index contributed by atoms with van der Waals surface area (Å²) in [6.07, 6.45) is 8.20. The fourth-order valence-corrected chi connectivity index (χ4v) is 4.39. The standard InChI is InChI=1S/C13H23O7P2/c1-3-16-22(14,17-4-2)18-10-6-8-13-11-12-7-5-9-15-21(19-12)20-13/h5-8,12-13,21H,3-4,9-11H2,1-2H3/q+1/b8-6+/t12-,13-/m0/s1. The maximum Gasteiger partial charge on any atom is 0.475 e. The Bertz CT molecular complexity index is 430. The highest BCUT2D eigenvalue weighted by atomic mass is 31.2. The lowest BCUT2D eigenvalue weighted by Crippen LogP contribution is -2.23. The Morgan fingerprint density at radius 2 is 2.05 bits per heavy atom. The third kappa shape index (κ3) is 5.84. The lowest BCUT2D eigenvalue weighted by atomic mass is 10.1. The molecule has 1 saturated heterocycles. The minimum Gasteiger partial charge on any atom is -0.287 e. The highest BCUT2D eigenvalue weighted by molar-refractivity contribution is 7.48. The van der Waals surface area contributed by atoms with Crippen molar-refractivity contribution in [2.45, 2.75) is 32.5 Å². The van der Waals surface area contributed by atoms with Crippen LogP contribution in [0.15, 0.2) is 24.3 Å². The van der Waals surface area contributed by atoms with E-state index in [0.717, 1.165) is 6.42 Å². The molecule has 2 aliphatic rings. The molecule has 2 rings (SSSR count). The van der Waals surface area contributed by atoms with E-state index in [1.54, 1.807) is 19.9 Å². The first-order valence-electron chi connectivity index (χ1n) is 7.35. The van der Waals surface area contributed by atoms with Crippen molar-refractivity contribution < 1.29 is 31.7 Å². The van der Waals surface area contributed by atoms with Gasteiger partial charge in [-0.15, -0.1) is 0 Å². The lowest BCUT2D eigenvalue weighted by molar-refractivity contribution is 0.0640. The van der Waals surface area contributed by atoms with Gasteiger partial charge < -0.3 is 0 Å². The molecule has 1 fully saturated rings. The molecule has 0 saturated carbocycles. The summed E-state index contributed by atoms with van der Waals surface area (Å²) in [5.41, 5.74) is 0. The summed E-state index contributed by atoms with van der Waals surface area (Å²) in [4.78, 5) is 0. The summed E-state index contributed by atoms with van der Waals surface area (Å²) in [5, 5.41) is 0. The van der Waals surface area contributed by atoms with Crippen molar-refractivity contribution in [2.24, 2.45) is 0 Å². The molecule has 9 heteroatoms. The van der Waals surface area contributed by atoms with Crippen LogP contribution in [-0.4, -0.2) is 38.6 Å². The van der Waals surface area contributed by atoms with E-state index >= 15 is 0 Å². The van der Waals surface area contributed by atoms with Gasteiger partial charge in [-0.2, -0.15) is 13.6 Å². The number of rotatable bonds is 8. The fraction of sp³-hybridized carbons (Fsp3) is 0.692. The van der Waals surface area contributed by atoms with Crippen LogP contribution in [0, 0.1) is 0 Å². The van der Waals surface area contributed by atoms with Gasteiger partial charge in [0.15, 0.2) is 0 Å². The third-order valence-corrected chi connectivity index (χ3v) is 5.87. The van der Waals surface area contributed by atoms with Gasteiger partial charge in [0.1, 0.15) is 18.8 Å². The predicted molar refractivity (Wildman–Crippen MR) is 83.7 cm³/mol. The van der Waals surface area contributed by atoms with Gasteiger partial charge in [0.05, 0.1) is 19.8 Å². The molecule has 0 aliphatic carbocycles. The fourth-order valence-electron chi connectivity index (χ4n) is 2.00. The van der Waals surface area contributed by atoms with E-state index in [1.807, 2.05) is 18.2 Å². The first-order valence-corrected chi connectivity index (χ1v) is 10.0. The summed E-state index contributed by atoms with van der Waals surface area (Å²) in [5.74, 6) is 0. The third-order valence-electron chi connectivity index (χ3n) is 2.86. The largest absolute Gasteiger partial charge is 0.475 e. The molecule has 0 aromatic heterocycles. The van der Waals surface area contributed by atoms with Gasteiger partial charge in [0.25, 0.3) is 0 Å². The Labute approximate surface area is 132 Å². The predicted octanol–water partition coefficient (Wildman–Crippen LogP) is 3.46. The normalized spacial score (nSPS) is 28.9. The molecule has 2 heterocycles. The Morgan fingerprint density at radius 3 is 2.77 bits per heavy atom. The van der Waals surface area contributed by atoms with Crippen molar-refractivity contribution in [2.75, 3.05) is 26.4 Å². The molecular formula is C13H23O7P2+. The zero-order valence-electron chi connectivity index (χ0n) is 12.8. The first-order chi connectivity index (χ1) is 10.6. The topological polar surface area (TPSA) is 72.5 Å². The molecule has 2 bridgehead atoms.